The SMILES string of the molecule is COc1ccccc1CN(Cc1ccccc1)[C@@H]1CCCC[C@H]1NCc1ccccc1. The highest BCUT2D eigenvalue weighted by Crippen LogP contribution is 2.29. The molecule has 3 aromatic rings. The van der Waals surface area contributed by atoms with Crippen LogP contribution in [0.15, 0.2) is 84.9 Å². The summed E-state index contributed by atoms with van der Waals surface area (Å²) in [7, 11) is 1.77. The molecule has 3 heteroatoms. The molecule has 0 saturated heterocycles. The van der Waals surface area contributed by atoms with Crippen LogP contribution in [0.5, 0.6) is 5.75 Å². The first kappa shape index (κ1) is 21.6. The Balaban J connectivity index is 1.55. The van der Waals surface area contributed by atoms with Gasteiger partial charge in [0.1, 0.15) is 5.75 Å². The lowest BCUT2D eigenvalue weighted by Crippen LogP contribution is -2.51. The topological polar surface area (TPSA) is 24.5 Å². The van der Waals surface area contributed by atoms with Crippen molar-refractivity contribution in [1.29, 1.82) is 0 Å². The van der Waals surface area contributed by atoms with E-state index >= 15 is 0 Å². The van der Waals surface area contributed by atoms with Gasteiger partial charge in [-0.2, -0.15) is 0 Å². The van der Waals surface area contributed by atoms with Gasteiger partial charge in [-0.05, 0) is 30.0 Å². The van der Waals surface area contributed by atoms with Gasteiger partial charge in [-0.3, -0.25) is 4.90 Å². The van der Waals surface area contributed by atoms with Gasteiger partial charge in [0.05, 0.1) is 7.11 Å². The fourth-order valence-electron chi connectivity index (χ4n) is 4.79. The Kier molecular flexibility index (Phi) is 7.76. The monoisotopic (exact) mass is 414 g/mol. The normalized spacial score (nSPS) is 18.8. The molecule has 1 aliphatic rings. The van der Waals surface area contributed by atoms with Gasteiger partial charge in [0, 0.05) is 37.3 Å². The zero-order valence-corrected chi connectivity index (χ0v) is 18.5. The minimum Gasteiger partial charge on any atom is -0.496 e. The summed E-state index contributed by atoms with van der Waals surface area (Å²) in [4.78, 5) is 2.66. The van der Waals surface area contributed by atoms with Crippen LogP contribution in [0.3, 0.4) is 0 Å². The lowest BCUT2D eigenvalue weighted by atomic mass is 9.88. The van der Waals surface area contributed by atoms with Crippen molar-refractivity contribution in [2.75, 3.05) is 7.11 Å². The van der Waals surface area contributed by atoms with Gasteiger partial charge in [0.25, 0.3) is 0 Å². The van der Waals surface area contributed by atoms with E-state index in [1.54, 1.807) is 7.11 Å². The average Bonchev–Trinajstić information content (AvgIpc) is 2.84. The highest BCUT2D eigenvalue weighted by molar-refractivity contribution is 5.33. The zero-order valence-electron chi connectivity index (χ0n) is 18.5. The highest BCUT2D eigenvalue weighted by Gasteiger charge is 2.30. The number of nitrogens with one attached hydrogen (secondary N) is 1. The first-order chi connectivity index (χ1) is 15.3. The molecule has 1 fully saturated rings. The van der Waals surface area contributed by atoms with E-state index in [2.05, 4.69) is 95.1 Å². The third-order valence-corrected chi connectivity index (χ3v) is 6.40. The Labute approximate surface area is 187 Å². The fourth-order valence-corrected chi connectivity index (χ4v) is 4.79. The fraction of sp³-hybridized carbons (Fsp3) is 0.357. The van der Waals surface area contributed by atoms with Crippen LogP contribution in [0.1, 0.15) is 42.4 Å². The molecular formula is C28H34N2O. The average molecular weight is 415 g/mol. The second kappa shape index (κ2) is 11.1. The van der Waals surface area contributed by atoms with Gasteiger partial charge in [-0.15, -0.1) is 0 Å². The molecule has 162 valence electrons. The van der Waals surface area contributed by atoms with Crippen molar-refractivity contribution in [3.63, 3.8) is 0 Å². The van der Waals surface area contributed by atoms with E-state index < -0.39 is 0 Å². The van der Waals surface area contributed by atoms with Crippen molar-refractivity contribution < 1.29 is 4.74 Å². The molecule has 0 spiro atoms. The largest absolute Gasteiger partial charge is 0.496 e. The molecule has 4 rings (SSSR count). The standard InChI is InChI=1S/C28H34N2O/c1-31-28-19-11-8-16-25(28)22-30(21-24-14-6-3-7-15-24)27-18-10-9-17-26(27)29-20-23-12-4-2-5-13-23/h2-8,11-16,19,26-27,29H,9-10,17-18,20-22H2,1H3/t26-,27-/m1/s1. The predicted octanol–water partition coefficient (Wildman–Crippen LogP) is 5.80. The van der Waals surface area contributed by atoms with Crippen molar-refractivity contribution in [1.82, 2.24) is 10.2 Å². The molecule has 0 aliphatic heterocycles. The lowest BCUT2D eigenvalue weighted by molar-refractivity contribution is 0.105. The number of nitrogens with zero attached hydrogens (tertiary/aromatic N) is 1. The van der Waals surface area contributed by atoms with Gasteiger partial charge in [0.15, 0.2) is 0 Å². The Morgan fingerprint density at radius 2 is 1.42 bits per heavy atom. The number of hydrogen-bond donors (Lipinski definition) is 1. The van der Waals surface area contributed by atoms with E-state index in [0.717, 1.165) is 25.4 Å². The van der Waals surface area contributed by atoms with Gasteiger partial charge in [0.2, 0.25) is 0 Å². The second-order valence-electron chi connectivity index (χ2n) is 8.53. The van der Waals surface area contributed by atoms with Crippen LogP contribution in [0.4, 0.5) is 0 Å². The maximum absolute atomic E-state index is 5.67. The second-order valence-corrected chi connectivity index (χ2v) is 8.53. The number of para-hydroxylation sites is 1. The maximum Gasteiger partial charge on any atom is 0.123 e. The van der Waals surface area contributed by atoms with E-state index in [4.69, 9.17) is 4.74 Å². The van der Waals surface area contributed by atoms with Crippen LogP contribution in [0.25, 0.3) is 0 Å². The Morgan fingerprint density at radius 1 is 0.774 bits per heavy atom. The van der Waals surface area contributed by atoms with E-state index in [1.165, 1.54) is 42.4 Å². The van der Waals surface area contributed by atoms with E-state index in [1.807, 2.05) is 0 Å². The quantitative estimate of drug-likeness (QED) is 0.479. The highest BCUT2D eigenvalue weighted by atomic mass is 16.5. The summed E-state index contributed by atoms with van der Waals surface area (Å²) in [5.74, 6) is 0.977. The van der Waals surface area contributed by atoms with E-state index in [-0.39, 0.29) is 0 Å². The van der Waals surface area contributed by atoms with Crippen molar-refractivity contribution in [3.05, 3.63) is 102 Å². The van der Waals surface area contributed by atoms with Crippen LogP contribution >= 0.6 is 0 Å². The van der Waals surface area contributed by atoms with Crippen LogP contribution in [0, 0.1) is 0 Å². The molecule has 0 heterocycles. The van der Waals surface area contributed by atoms with E-state index in [0.29, 0.717) is 12.1 Å². The zero-order chi connectivity index (χ0) is 21.3. The molecule has 31 heavy (non-hydrogen) atoms. The predicted molar refractivity (Wildman–Crippen MR) is 128 cm³/mol. The van der Waals surface area contributed by atoms with Gasteiger partial charge < -0.3 is 10.1 Å². The lowest BCUT2D eigenvalue weighted by Gasteiger charge is -2.41. The summed E-state index contributed by atoms with van der Waals surface area (Å²) in [5, 5.41) is 3.90. The summed E-state index contributed by atoms with van der Waals surface area (Å²) in [6.07, 6.45) is 5.06. The van der Waals surface area contributed by atoms with Crippen LogP contribution in [-0.2, 0) is 19.6 Å². The van der Waals surface area contributed by atoms with Crippen LogP contribution in [0.2, 0.25) is 0 Å². The minimum atomic E-state index is 0.493. The molecule has 0 radical (unpaired) electrons. The van der Waals surface area contributed by atoms with Crippen molar-refractivity contribution >= 4 is 0 Å². The molecule has 0 bridgehead atoms. The number of benzene rings is 3. The third kappa shape index (κ3) is 5.96. The van der Waals surface area contributed by atoms with Gasteiger partial charge in [-0.1, -0.05) is 91.7 Å². The van der Waals surface area contributed by atoms with Crippen molar-refractivity contribution in [2.45, 2.75) is 57.4 Å². The summed E-state index contributed by atoms with van der Waals surface area (Å²) in [6, 6.07) is 31.0. The molecule has 0 aromatic heterocycles. The van der Waals surface area contributed by atoms with Crippen molar-refractivity contribution in [3.8, 4) is 5.75 Å². The van der Waals surface area contributed by atoms with Crippen LogP contribution < -0.4 is 10.1 Å². The number of hydrogen-bond acceptors (Lipinski definition) is 3. The van der Waals surface area contributed by atoms with Gasteiger partial charge in [-0.25, -0.2) is 0 Å². The van der Waals surface area contributed by atoms with Gasteiger partial charge >= 0.3 is 0 Å². The summed E-state index contributed by atoms with van der Waals surface area (Å²) in [5.41, 5.74) is 3.98. The number of ether oxygens (including phenoxy) is 1. The Morgan fingerprint density at radius 3 is 2.16 bits per heavy atom. The molecule has 0 amide bonds. The molecule has 1 N–H and O–H groups in total. The van der Waals surface area contributed by atoms with Crippen molar-refractivity contribution in [2.24, 2.45) is 0 Å². The third-order valence-electron chi connectivity index (χ3n) is 6.40. The first-order valence-corrected chi connectivity index (χ1v) is 11.5. The molecule has 2 atom stereocenters. The summed E-state index contributed by atoms with van der Waals surface area (Å²) < 4.78 is 5.67. The Hall–Kier alpha value is -2.62. The molecular weight excluding hydrogens is 380 g/mol. The summed E-state index contributed by atoms with van der Waals surface area (Å²) in [6.45, 7) is 2.77. The minimum absolute atomic E-state index is 0.493. The molecule has 1 aliphatic carbocycles. The molecule has 3 nitrogen and oxygen atoms in total. The van der Waals surface area contributed by atoms with E-state index in [9.17, 15) is 0 Å². The maximum atomic E-state index is 5.67. The van der Waals surface area contributed by atoms with Crippen LogP contribution in [-0.4, -0.2) is 24.1 Å². The molecule has 1 saturated carbocycles. The number of rotatable bonds is 9. The molecule has 3 aromatic carbocycles. The number of methoxy groups -OCH3 is 1. The molecule has 0 unspecified atom stereocenters. The first-order valence-electron chi connectivity index (χ1n) is 11.5. The summed E-state index contributed by atoms with van der Waals surface area (Å²) >= 11 is 0. The smallest absolute Gasteiger partial charge is 0.123 e. The Bertz CT molecular complexity index is 913.